The van der Waals surface area contributed by atoms with Gasteiger partial charge in [0, 0.05) is 6.42 Å². The summed E-state index contributed by atoms with van der Waals surface area (Å²) in [5.41, 5.74) is 5.15. The number of fused-ring (bicyclic) bond motifs is 2. The second kappa shape index (κ2) is 3.58. The zero-order valence-electron chi connectivity index (χ0n) is 10.1. The first-order valence-corrected chi connectivity index (χ1v) is 6.65. The number of ketones is 1. The highest BCUT2D eigenvalue weighted by atomic mass is 16.1. The van der Waals surface area contributed by atoms with Crippen molar-refractivity contribution in [3.05, 3.63) is 22.8 Å². The highest BCUT2D eigenvalue weighted by Crippen LogP contribution is 2.52. The molecule has 0 aromatic carbocycles. The molecular formula is C15H20O. The lowest BCUT2D eigenvalue weighted by Gasteiger charge is -2.43. The third-order valence-electron chi connectivity index (χ3n) is 4.79. The van der Waals surface area contributed by atoms with E-state index in [1.54, 1.807) is 11.1 Å². The van der Waals surface area contributed by atoms with Crippen LogP contribution in [0.4, 0.5) is 0 Å². The third kappa shape index (κ3) is 1.49. The van der Waals surface area contributed by atoms with Gasteiger partial charge in [0.25, 0.3) is 0 Å². The fourth-order valence-corrected chi connectivity index (χ4v) is 3.80. The van der Waals surface area contributed by atoms with Gasteiger partial charge in [0.1, 0.15) is 0 Å². The summed E-state index contributed by atoms with van der Waals surface area (Å²) in [7, 11) is 0. The quantitative estimate of drug-likeness (QED) is 0.599. The van der Waals surface area contributed by atoms with Crippen molar-refractivity contribution in [1.29, 1.82) is 0 Å². The maximum absolute atomic E-state index is 11.5. The van der Waals surface area contributed by atoms with Crippen LogP contribution < -0.4 is 0 Å². The summed E-state index contributed by atoms with van der Waals surface area (Å²) < 4.78 is 0. The molecule has 1 atom stereocenters. The van der Waals surface area contributed by atoms with Crippen molar-refractivity contribution in [2.45, 2.75) is 58.3 Å². The van der Waals surface area contributed by atoms with Crippen LogP contribution in [0.25, 0.3) is 0 Å². The lowest BCUT2D eigenvalue weighted by atomic mass is 9.61. The van der Waals surface area contributed by atoms with Gasteiger partial charge in [-0.3, -0.25) is 4.79 Å². The van der Waals surface area contributed by atoms with Gasteiger partial charge >= 0.3 is 0 Å². The molecule has 1 heteroatoms. The summed E-state index contributed by atoms with van der Waals surface area (Å²) in [6, 6.07) is 0. The van der Waals surface area contributed by atoms with Gasteiger partial charge in [0.2, 0.25) is 0 Å². The predicted molar refractivity (Wildman–Crippen MR) is 65.2 cm³/mol. The zero-order chi connectivity index (χ0) is 11.2. The molecule has 3 rings (SSSR count). The first kappa shape index (κ1) is 10.3. The van der Waals surface area contributed by atoms with Crippen LogP contribution in [0.5, 0.6) is 0 Å². The van der Waals surface area contributed by atoms with Gasteiger partial charge < -0.3 is 0 Å². The van der Waals surface area contributed by atoms with Crippen molar-refractivity contribution in [3.8, 4) is 0 Å². The Morgan fingerprint density at radius 2 is 1.94 bits per heavy atom. The number of carbonyl (C=O) groups is 1. The second-order valence-electron chi connectivity index (χ2n) is 5.86. The van der Waals surface area contributed by atoms with E-state index in [4.69, 9.17) is 0 Å². The molecule has 1 saturated carbocycles. The van der Waals surface area contributed by atoms with Crippen LogP contribution in [0.2, 0.25) is 0 Å². The Morgan fingerprint density at radius 1 is 1.06 bits per heavy atom. The summed E-state index contributed by atoms with van der Waals surface area (Å²) in [5, 5.41) is 0. The molecule has 0 bridgehead atoms. The predicted octanol–water partition coefficient (Wildman–Crippen LogP) is 3.95. The molecule has 0 aromatic heterocycles. The maximum Gasteiger partial charge on any atom is 0.156 e. The summed E-state index contributed by atoms with van der Waals surface area (Å²) in [4.78, 5) is 11.5. The number of hydrogen-bond acceptors (Lipinski definition) is 1. The van der Waals surface area contributed by atoms with Crippen LogP contribution in [0.1, 0.15) is 58.3 Å². The van der Waals surface area contributed by atoms with Crippen molar-refractivity contribution in [1.82, 2.24) is 0 Å². The van der Waals surface area contributed by atoms with E-state index in [-0.39, 0.29) is 0 Å². The molecule has 3 aliphatic rings. The van der Waals surface area contributed by atoms with Crippen molar-refractivity contribution in [3.63, 3.8) is 0 Å². The molecule has 1 fully saturated rings. The lowest BCUT2D eigenvalue weighted by molar-refractivity contribution is -0.114. The van der Waals surface area contributed by atoms with E-state index in [1.165, 1.54) is 37.7 Å². The van der Waals surface area contributed by atoms with Crippen molar-refractivity contribution >= 4 is 5.78 Å². The molecule has 0 heterocycles. The van der Waals surface area contributed by atoms with Crippen molar-refractivity contribution < 1.29 is 4.79 Å². The number of rotatable bonds is 0. The minimum Gasteiger partial charge on any atom is -0.295 e. The van der Waals surface area contributed by atoms with Crippen molar-refractivity contribution in [2.75, 3.05) is 0 Å². The third-order valence-corrected chi connectivity index (χ3v) is 4.79. The summed E-state index contributed by atoms with van der Waals surface area (Å²) in [6.45, 7) is 2.45. The Balaban J connectivity index is 2.07. The summed E-state index contributed by atoms with van der Waals surface area (Å²) >= 11 is 0. The Hall–Kier alpha value is -0.850. The smallest absolute Gasteiger partial charge is 0.156 e. The molecule has 3 aliphatic carbocycles. The van der Waals surface area contributed by atoms with E-state index in [0.29, 0.717) is 11.2 Å². The molecule has 0 saturated heterocycles. The van der Waals surface area contributed by atoms with Gasteiger partial charge in [-0.15, -0.1) is 0 Å². The molecule has 16 heavy (non-hydrogen) atoms. The first-order valence-electron chi connectivity index (χ1n) is 6.65. The van der Waals surface area contributed by atoms with Crippen LogP contribution in [0.15, 0.2) is 22.8 Å². The van der Waals surface area contributed by atoms with Gasteiger partial charge in [-0.25, -0.2) is 0 Å². The van der Waals surface area contributed by atoms with Crippen LogP contribution in [0, 0.1) is 5.41 Å². The molecule has 0 amide bonds. The molecular weight excluding hydrogens is 196 g/mol. The Bertz CT molecular complexity index is 400. The first-order chi connectivity index (χ1) is 7.69. The second-order valence-corrected chi connectivity index (χ2v) is 5.86. The van der Waals surface area contributed by atoms with Gasteiger partial charge in [-0.1, -0.05) is 18.9 Å². The topological polar surface area (TPSA) is 17.1 Å². The monoisotopic (exact) mass is 216 g/mol. The summed E-state index contributed by atoms with van der Waals surface area (Å²) in [6.07, 6.45) is 11.5. The Labute approximate surface area is 97.6 Å². The highest BCUT2D eigenvalue weighted by Gasteiger charge is 2.38. The number of hydrogen-bond donors (Lipinski definition) is 0. The lowest BCUT2D eigenvalue weighted by Crippen LogP contribution is -2.29. The largest absolute Gasteiger partial charge is 0.295 e. The SMILES string of the molecule is C[C@@]12CCCCC1=C1CCC(=O)C=C1CC2. The Kier molecular flexibility index (Phi) is 2.31. The zero-order valence-corrected chi connectivity index (χ0v) is 10.1. The summed E-state index contributed by atoms with van der Waals surface area (Å²) in [5.74, 6) is 0.346. The van der Waals surface area contributed by atoms with Gasteiger partial charge in [0.05, 0.1) is 0 Å². The maximum atomic E-state index is 11.5. The molecule has 0 unspecified atom stereocenters. The van der Waals surface area contributed by atoms with Gasteiger partial charge in [0.15, 0.2) is 5.78 Å². The fraction of sp³-hybridized carbons (Fsp3) is 0.667. The molecule has 0 radical (unpaired) electrons. The molecule has 0 aliphatic heterocycles. The molecule has 0 spiro atoms. The van der Waals surface area contributed by atoms with Gasteiger partial charge in [-0.2, -0.15) is 0 Å². The van der Waals surface area contributed by atoms with Crippen LogP contribution in [0.3, 0.4) is 0 Å². The normalized spacial score (nSPS) is 34.3. The molecule has 1 nitrogen and oxygen atoms in total. The molecule has 0 N–H and O–H groups in total. The van der Waals surface area contributed by atoms with E-state index in [1.807, 2.05) is 6.08 Å². The molecule has 86 valence electrons. The van der Waals surface area contributed by atoms with Crippen LogP contribution in [-0.4, -0.2) is 5.78 Å². The van der Waals surface area contributed by atoms with E-state index >= 15 is 0 Å². The van der Waals surface area contributed by atoms with E-state index < -0.39 is 0 Å². The minimum atomic E-state index is 0.346. The Morgan fingerprint density at radius 3 is 2.81 bits per heavy atom. The number of allylic oxidation sites excluding steroid dienone is 4. The standard InChI is InChI=1S/C15H20O/c1-15-8-3-2-4-14(15)13-6-5-12(16)10-11(13)7-9-15/h10H,2-9H2,1H3/t15-/m0/s1. The van der Waals surface area contributed by atoms with Crippen molar-refractivity contribution in [2.24, 2.45) is 5.41 Å². The van der Waals surface area contributed by atoms with E-state index in [0.717, 1.165) is 19.3 Å². The molecule has 0 aromatic rings. The minimum absolute atomic E-state index is 0.346. The number of carbonyl (C=O) groups excluding carboxylic acids is 1. The highest BCUT2D eigenvalue weighted by molar-refractivity contribution is 5.93. The van der Waals surface area contributed by atoms with Crippen LogP contribution in [-0.2, 0) is 4.79 Å². The van der Waals surface area contributed by atoms with Crippen LogP contribution >= 0.6 is 0 Å². The average molecular weight is 216 g/mol. The average Bonchev–Trinajstić information content (AvgIpc) is 2.28. The van der Waals surface area contributed by atoms with Gasteiger partial charge in [-0.05, 0) is 61.2 Å². The fourth-order valence-electron chi connectivity index (χ4n) is 3.80. The van der Waals surface area contributed by atoms with E-state index in [2.05, 4.69) is 6.92 Å². The van der Waals surface area contributed by atoms with E-state index in [9.17, 15) is 4.79 Å².